The fraction of sp³-hybridized carbons (Fsp3) is 0.857. The summed E-state index contributed by atoms with van der Waals surface area (Å²) >= 11 is 0. The number of ether oxygens (including phenoxy) is 1. The summed E-state index contributed by atoms with van der Waals surface area (Å²) in [5.41, 5.74) is 0. The molecule has 0 aromatic carbocycles. The summed E-state index contributed by atoms with van der Waals surface area (Å²) in [5.74, 6) is 0.582. The van der Waals surface area contributed by atoms with Crippen LogP contribution < -0.4 is 0 Å². The summed E-state index contributed by atoms with van der Waals surface area (Å²) in [7, 11) is 0. The highest BCUT2D eigenvalue weighted by atomic mass is 16.5. The van der Waals surface area contributed by atoms with Crippen molar-refractivity contribution in [2.45, 2.75) is 20.3 Å². The zero-order valence-electron chi connectivity index (χ0n) is 5.89. The first-order valence-corrected chi connectivity index (χ1v) is 3.38. The van der Waals surface area contributed by atoms with E-state index < -0.39 is 0 Å². The summed E-state index contributed by atoms with van der Waals surface area (Å²) in [4.78, 5) is 10.8. The van der Waals surface area contributed by atoms with Gasteiger partial charge in [-0.05, 0) is 12.3 Å². The lowest BCUT2D eigenvalue weighted by atomic mass is 9.91. The van der Waals surface area contributed by atoms with Gasteiger partial charge in [0, 0.05) is 0 Å². The molecule has 1 aliphatic rings. The van der Waals surface area contributed by atoms with Gasteiger partial charge in [-0.25, -0.2) is 0 Å². The van der Waals surface area contributed by atoms with Crippen molar-refractivity contribution in [2.75, 3.05) is 6.61 Å². The van der Waals surface area contributed by atoms with Crippen LogP contribution in [0.5, 0.6) is 0 Å². The van der Waals surface area contributed by atoms with E-state index in [9.17, 15) is 4.79 Å². The van der Waals surface area contributed by atoms with E-state index in [2.05, 4.69) is 6.92 Å². The molecule has 0 spiro atoms. The van der Waals surface area contributed by atoms with E-state index in [-0.39, 0.29) is 11.9 Å². The highest BCUT2D eigenvalue weighted by Crippen LogP contribution is 2.20. The van der Waals surface area contributed by atoms with E-state index in [1.165, 1.54) is 0 Å². The van der Waals surface area contributed by atoms with Crippen LogP contribution >= 0.6 is 0 Å². The molecule has 1 fully saturated rings. The Bertz CT molecular complexity index is 120. The van der Waals surface area contributed by atoms with Crippen molar-refractivity contribution in [1.29, 1.82) is 0 Å². The van der Waals surface area contributed by atoms with E-state index in [1.807, 2.05) is 6.92 Å². The van der Waals surface area contributed by atoms with E-state index >= 15 is 0 Å². The molecule has 1 saturated heterocycles. The Balaban J connectivity index is 2.51. The molecule has 0 N–H and O–H groups in total. The average Bonchev–Trinajstić information content (AvgIpc) is 1.83. The van der Waals surface area contributed by atoms with Gasteiger partial charge in [-0.1, -0.05) is 13.8 Å². The molecule has 0 aromatic heterocycles. The van der Waals surface area contributed by atoms with Gasteiger partial charge < -0.3 is 4.74 Å². The third-order valence-corrected chi connectivity index (χ3v) is 2.04. The van der Waals surface area contributed by atoms with Gasteiger partial charge >= 0.3 is 5.97 Å². The Hall–Kier alpha value is -0.530. The van der Waals surface area contributed by atoms with Gasteiger partial charge in [-0.2, -0.15) is 0 Å². The molecule has 2 heteroatoms. The molecular weight excluding hydrogens is 116 g/mol. The van der Waals surface area contributed by atoms with Crippen molar-refractivity contribution >= 4 is 5.97 Å². The van der Waals surface area contributed by atoms with Gasteiger partial charge in [0.25, 0.3) is 0 Å². The lowest BCUT2D eigenvalue weighted by molar-refractivity contribution is -0.155. The summed E-state index contributed by atoms with van der Waals surface area (Å²) in [6.45, 7) is 4.63. The quantitative estimate of drug-likeness (QED) is 0.458. The summed E-state index contributed by atoms with van der Waals surface area (Å²) in [6, 6.07) is 0. The van der Waals surface area contributed by atoms with Gasteiger partial charge in [0.2, 0.25) is 0 Å². The second kappa shape index (κ2) is 2.38. The molecule has 0 bridgehead atoms. The Morgan fingerprint density at radius 2 is 2.22 bits per heavy atom. The van der Waals surface area contributed by atoms with Crippen molar-refractivity contribution < 1.29 is 9.53 Å². The SMILES string of the molecule is C[C@@H]1CCOC(=O)[C@@H]1C. The van der Waals surface area contributed by atoms with Crippen molar-refractivity contribution in [3.05, 3.63) is 0 Å². The van der Waals surface area contributed by atoms with Crippen LogP contribution in [0, 0.1) is 11.8 Å². The maximum Gasteiger partial charge on any atom is 0.308 e. The molecule has 0 aromatic rings. The number of rotatable bonds is 0. The van der Waals surface area contributed by atoms with Crippen molar-refractivity contribution in [2.24, 2.45) is 11.8 Å². The minimum absolute atomic E-state index is 0.0336. The summed E-state index contributed by atoms with van der Waals surface area (Å²) in [6.07, 6.45) is 1.02. The van der Waals surface area contributed by atoms with Crippen molar-refractivity contribution in [1.82, 2.24) is 0 Å². The predicted molar refractivity (Wildman–Crippen MR) is 33.9 cm³/mol. The third-order valence-electron chi connectivity index (χ3n) is 2.04. The second-order valence-electron chi connectivity index (χ2n) is 2.72. The normalized spacial score (nSPS) is 36.0. The minimum Gasteiger partial charge on any atom is -0.465 e. The Labute approximate surface area is 55.2 Å². The first-order chi connectivity index (χ1) is 4.22. The second-order valence-corrected chi connectivity index (χ2v) is 2.72. The van der Waals surface area contributed by atoms with E-state index in [0.717, 1.165) is 6.42 Å². The maximum absolute atomic E-state index is 10.8. The summed E-state index contributed by atoms with van der Waals surface area (Å²) in [5, 5.41) is 0. The van der Waals surface area contributed by atoms with Crippen LogP contribution in [0.1, 0.15) is 20.3 Å². The van der Waals surface area contributed by atoms with Gasteiger partial charge in [0.05, 0.1) is 12.5 Å². The van der Waals surface area contributed by atoms with Gasteiger partial charge in [0.15, 0.2) is 0 Å². The molecular formula is C7H12O2. The van der Waals surface area contributed by atoms with Gasteiger partial charge in [-0.3, -0.25) is 4.79 Å². The molecule has 52 valence electrons. The molecule has 0 aliphatic carbocycles. The Morgan fingerprint density at radius 3 is 2.67 bits per heavy atom. The van der Waals surface area contributed by atoms with Crippen LogP contribution in [-0.4, -0.2) is 12.6 Å². The smallest absolute Gasteiger partial charge is 0.308 e. The van der Waals surface area contributed by atoms with Crippen LogP contribution in [0.4, 0.5) is 0 Å². The van der Waals surface area contributed by atoms with Crippen LogP contribution in [0.25, 0.3) is 0 Å². The van der Waals surface area contributed by atoms with Crippen LogP contribution in [-0.2, 0) is 9.53 Å². The Morgan fingerprint density at radius 1 is 1.56 bits per heavy atom. The van der Waals surface area contributed by atoms with Gasteiger partial charge in [-0.15, -0.1) is 0 Å². The molecule has 2 atom stereocenters. The first kappa shape index (κ1) is 6.59. The third kappa shape index (κ3) is 1.23. The number of carbonyl (C=O) groups is 1. The topological polar surface area (TPSA) is 26.3 Å². The van der Waals surface area contributed by atoms with Crippen molar-refractivity contribution in [3.63, 3.8) is 0 Å². The van der Waals surface area contributed by atoms with Crippen LogP contribution in [0.3, 0.4) is 0 Å². The lowest BCUT2D eigenvalue weighted by Gasteiger charge is -2.23. The van der Waals surface area contributed by atoms with Gasteiger partial charge in [0.1, 0.15) is 0 Å². The number of hydrogen-bond donors (Lipinski definition) is 0. The van der Waals surface area contributed by atoms with E-state index in [4.69, 9.17) is 4.74 Å². The molecule has 1 aliphatic heterocycles. The lowest BCUT2D eigenvalue weighted by Crippen LogP contribution is -2.28. The first-order valence-electron chi connectivity index (χ1n) is 3.38. The standard InChI is InChI=1S/C7H12O2/c1-5-3-4-9-7(8)6(5)2/h5-6H,3-4H2,1-2H3/t5-,6-/m1/s1. The molecule has 2 nitrogen and oxygen atoms in total. The van der Waals surface area contributed by atoms with Crippen LogP contribution in [0.15, 0.2) is 0 Å². The predicted octanol–water partition coefficient (Wildman–Crippen LogP) is 1.21. The highest BCUT2D eigenvalue weighted by molar-refractivity contribution is 5.72. The number of esters is 1. The zero-order chi connectivity index (χ0) is 6.85. The van der Waals surface area contributed by atoms with Crippen LogP contribution in [0.2, 0.25) is 0 Å². The van der Waals surface area contributed by atoms with E-state index in [1.54, 1.807) is 0 Å². The number of carbonyl (C=O) groups excluding carboxylic acids is 1. The molecule has 0 amide bonds. The molecule has 0 unspecified atom stereocenters. The van der Waals surface area contributed by atoms with E-state index in [0.29, 0.717) is 12.5 Å². The highest BCUT2D eigenvalue weighted by Gasteiger charge is 2.25. The molecule has 0 saturated carbocycles. The number of cyclic esters (lactones) is 1. The monoisotopic (exact) mass is 128 g/mol. The average molecular weight is 128 g/mol. The zero-order valence-corrected chi connectivity index (χ0v) is 5.89. The molecule has 9 heavy (non-hydrogen) atoms. The summed E-state index contributed by atoms with van der Waals surface area (Å²) < 4.78 is 4.82. The Kier molecular flexibility index (Phi) is 1.74. The molecule has 1 heterocycles. The molecule has 1 rings (SSSR count). The maximum atomic E-state index is 10.8. The minimum atomic E-state index is -0.0336. The number of hydrogen-bond acceptors (Lipinski definition) is 2. The van der Waals surface area contributed by atoms with Crippen molar-refractivity contribution in [3.8, 4) is 0 Å². The fourth-order valence-electron chi connectivity index (χ4n) is 0.959. The molecule has 0 radical (unpaired) electrons. The fourth-order valence-corrected chi connectivity index (χ4v) is 0.959. The largest absolute Gasteiger partial charge is 0.465 e.